The minimum absolute atomic E-state index is 0.00740. The topological polar surface area (TPSA) is 67.5 Å². The second kappa shape index (κ2) is 8.30. The lowest BCUT2D eigenvalue weighted by Gasteiger charge is -2.34. The summed E-state index contributed by atoms with van der Waals surface area (Å²) < 4.78 is 25.0. The van der Waals surface area contributed by atoms with Crippen molar-refractivity contribution in [1.29, 1.82) is 0 Å². The monoisotopic (exact) mass is 437 g/mol. The Kier molecular flexibility index (Phi) is 5.67. The molecule has 0 fully saturated rings. The molecule has 1 atom stereocenters. The quantitative estimate of drug-likeness (QED) is 0.563. The maximum absolute atomic E-state index is 14.0. The van der Waals surface area contributed by atoms with Crippen LogP contribution in [0.3, 0.4) is 0 Å². The van der Waals surface area contributed by atoms with E-state index in [1.165, 1.54) is 12.1 Å². The van der Waals surface area contributed by atoms with Gasteiger partial charge in [-0.1, -0.05) is 6.08 Å². The molecule has 0 radical (unpaired) electrons. The number of fused-ring (bicyclic) bond motifs is 1. The molecule has 1 amide bonds. The number of benzene rings is 1. The van der Waals surface area contributed by atoms with Gasteiger partial charge in [-0.15, -0.1) is 0 Å². The molecule has 168 valence electrons. The predicted molar refractivity (Wildman–Crippen MR) is 123 cm³/mol. The largest absolute Gasteiger partial charge is 0.496 e. The molecule has 0 saturated heterocycles. The third kappa shape index (κ3) is 4.33. The fraction of sp³-hybridized carbons (Fsp3) is 0.360. The van der Waals surface area contributed by atoms with Crippen molar-refractivity contribution in [2.24, 2.45) is 0 Å². The third-order valence-corrected chi connectivity index (χ3v) is 5.54. The summed E-state index contributed by atoms with van der Waals surface area (Å²) in [5.74, 6) is 0.271. The number of hydrogen-bond acceptors (Lipinski definition) is 4. The molecule has 3 heterocycles. The Bertz CT molecular complexity index is 1190. The molecule has 0 bridgehead atoms. The van der Waals surface area contributed by atoms with Gasteiger partial charge < -0.3 is 19.4 Å². The number of aromatic amines is 1. The zero-order chi connectivity index (χ0) is 23.0. The fourth-order valence-electron chi connectivity index (χ4n) is 4.02. The van der Waals surface area contributed by atoms with Crippen LogP contribution in [0.4, 0.5) is 9.18 Å². The smallest absolute Gasteiger partial charge is 0.410 e. The number of amides is 1. The highest BCUT2D eigenvalue weighted by Crippen LogP contribution is 2.37. The van der Waals surface area contributed by atoms with E-state index in [0.717, 1.165) is 22.2 Å². The molecule has 1 N–H and O–H groups in total. The Hall–Kier alpha value is -3.35. The number of nitrogens with one attached hydrogen (secondary N) is 1. The molecule has 0 saturated carbocycles. The molecule has 7 heteroatoms. The molecule has 32 heavy (non-hydrogen) atoms. The lowest BCUT2D eigenvalue weighted by molar-refractivity contribution is 0.0198. The molecule has 1 aliphatic rings. The summed E-state index contributed by atoms with van der Waals surface area (Å²) >= 11 is 0. The highest BCUT2D eigenvalue weighted by Gasteiger charge is 2.29. The van der Waals surface area contributed by atoms with Gasteiger partial charge in [0.1, 0.15) is 22.8 Å². The average Bonchev–Trinajstić information content (AvgIpc) is 3.16. The van der Waals surface area contributed by atoms with Crippen LogP contribution in [0, 0.1) is 5.82 Å². The molecule has 2 aromatic heterocycles. The van der Waals surface area contributed by atoms with Gasteiger partial charge in [-0.2, -0.15) is 0 Å². The second-order valence-electron chi connectivity index (χ2n) is 9.06. The summed E-state index contributed by atoms with van der Waals surface area (Å²) in [4.78, 5) is 22.1. The van der Waals surface area contributed by atoms with Crippen molar-refractivity contribution < 1.29 is 18.7 Å². The van der Waals surface area contributed by atoms with Crippen molar-refractivity contribution in [1.82, 2.24) is 14.9 Å². The van der Waals surface area contributed by atoms with Gasteiger partial charge in [-0.25, -0.2) is 14.2 Å². The van der Waals surface area contributed by atoms with E-state index in [-0.39, 0.29) is 18.0 Å². The Labute approximate surface area is 187 Å². The molecule has 1 aromatic carbocycles. The van der Waals surface area contributed by atoms with E-state index >= 15 is 0 Å². The zero-order valence-electron chi connectivity index (χ0n) is 19.0. The van der Waals surface area contributed by atoms with Crippen LogP contribution in [0.1, 0.15) is 39.8 Å². The minimum Gasteiger partial charge on any atom is -0.496 e. The number of ether oxygens (including phenoxy) is 2. The van der Waals surface area contributed by atoms with Crippen LogP contribution in [0.2, 0.25) is 0 Å². The summed E-state index contributed by atoms with van der Waals surface area (Å²) in [5.41, 5.74) is 3.74. The summed E-state index contributed by atoms with van der Waals surface area (Å²) in [6, 6.07) is 8.37. The van der Waals surface area contributed by atoms with Gasteiger partial charge in [0.25, 0.3) is 0 Å². The number of carbonyl (C=O) groups excluding carboxylic acids is 1. The van der Waals surface area contributed by atoms with Gasteiger partial charge in [-0.05, 0) is 75.6 Å². The summed E-state index contributed by atoms with van der Waals surface area (Å²) in [6.45, 7) is 8.08. The summed E-state index contributed by atoms with van der Waals surface area (Å²) in [6.07, 6.45) is 4.12. The van der Waals surface area contributed by atoms with Gasteiger partial charge in [-0.3, -0.25) is 0 Å². The highest BCUT2D eigenvalue weighted by molar-refractivity contribution is 5.96. The molecule has 0 unspecified atom stereocenters. The molecule has 1 aliphatic heterocycles. The summed E-state index contributed by atoms with van der Waals surface area (Å²) in [7, 11) is 1.57. The van der Waals surface area contributed by atoms with Gasteiger partial charge in [0, 0.05) is 35.4 Å². The van der Waals surface area contributed by atoms with Crippen molar-refractivity contribution in [2.45, 2.75) is 45.8 Å². The number of pyridine rings is 1. The van der Waals surface area contributed by atoms with E-state index in [1.54, 1.807) is 24.3 Å². The summed E-state index contributed by atoms with van der Waals surface area (Å²) in [5, 5.41) is 0.884. The van der Waals surface area contributed by atoms with Crippen LogP contribution in [0.15, 0.2) is 42.6 Å². The molecule has 3 aromatic rings. The Morgan fingerprint density at radius 2 is 2.00 bits per heavy atom. The maximum Gasteiger partial charge on any atom is 0.410 e. The van der Waals surface area contributed by atoms with E-state index in [2.05, 4.69) is 9.97 Å². The van der Waals surface area contributed by atoms with E-state index in [9.17, 15) is 9.18 Å². The Morgan fingerprint density at radius 1 is 1.22 bits per heavy atom. The number of H-pyrrole nitrogens is 1. The number of nitrogens with zero attached hydrogens (tertiary/aromatic N) is 2. The maximum atomic E-state index is 14.0. The predicted octanol–water partition coefficient (Wildman–Crippen LogP) is 5.79. The van der Waals surface area contributed by atoms with Crippen LogP contribution in [-0.2, 0) is 4.74 Å². The molecular weight excluding hydrogens is 409 g/mol. The molecule has 0 spiro atoms. The number of rotatable bonds is 3. The molecule has 0 aliphatic carbocycles. The van der Waals surface area contributed by atoms with Crippen LogP contribution >= 0.6 is 0 Å². The zero-order valence-corrected chi connectivity index (χ0v) is 19.0. The van der Waals surface area contributed by atoms with Crippen LogP contribution in [0.5, 0.6) is 5.75 Å². The first-order valence-electron chi connectivity index (χ1n) is 10.7. The van der Waals surface area contributed by atoms with E-state index < -0.39 is 5.60 Å². The highest BCUT2D eigenvalue weighted by atomic mass is 19.1. The van der Waals surface area contributed by atoms with Gasteiger partial charge >= 0.3 is 6.09 Å². The van der Waals surface area contributed by atoms with Gasteiger partial charge in [0.15, 0.2) is 0 Å². The molecule has 6 nitrogen and oxygen atoms in total. The normalized spacial score (nSPS) is 16.8. The number of aromatic nitrogens is 2. The standard InChI is InChI=1S/C25H28FN3O3/c1-15-12-16(9-11-29(15)24(30)32-25(2,3)4)21-14-20-18(8-10-27-23(20)28-21)19-13-17(26)6-7-22(19)31-5/h6-10,13-15H,11-12H2,1-5H3,(H,27,28)/t15-/m0/s1. The first-order valence-corrected chi connectivity index (χ1v) is 10.7. The first-order chi connectivity index (χ1) is 15.2. The van der Waals surface area contributed by atoms with Crippen molar-refractivity contribution in [3.8, 4) is 16.9 Å². The average molecular weight is 438 g/mol. The SMILES string of the molecule is COc1ccc(F)cc1-c1ccnc2[nH]c(C3=CCN(C(=O)OC(C)(C)C)[C@@H](C)C3)cc12. The fourth-order valence-corrected chi connectivity index (χ4v) is 4.02. The van der Waals surface area contributed by atoms with Gasteiger partial charge in [0.05, 0.1) is 7.11 Å². The minimum atomic E-state index is -0.530. The number of hydrogen-bond donors (Lipinski definition) is 1. The van der Waals surface area contributed by atoms with Crippen molar-refractivity contribution >= 4 is 22.7 Å². The lowest BCUT2D eigenvalue weighted by Crippen LogP contribution is -2.44. The van der Waals surface area contributed by atoms with Crippen LogP contribution < -0.4 is 4.74 Å². The van der Waals surface area contributed by atoms with E-state index in [4.69, 9.17) is 9.47 Å². The Morgan fingerprint density at radius 3 is 2.69 bits per heavy atom. The van der Waals surface area contributed by atoms with Crippen molar-refractivity contribution in [3.05, 3.63) is 54.1 Å². The third-order valence-electron chi connectivity index (χ3n) is 5.54. The second-order valence-corrected chi connectivity index (χ2v) is 9.06. The van der Waals surface area contributed by atoms with Crippen LogP contribution in [0.25, 0.3) is 27.7 Å². The first kappa shape index (κ1) is 21.9. The number of carbonyl (C=O) groups is 1. The molecule has 4 rings (SSSR count). The van der Waals surface area contributed by atoms with E-state index in [1.807, 2.05) is 45.9 Å². The lowest BCUT2D eigenvalue weighted by atomic mass is 9.98. The number of halogens is 1. The Balaban J connectivity index is 1.67. The van der Waals surface area contributed by atoms with Crippen LogP contribution in [-0.4, -0.2) is 46.3 Å². The van der Waals surface area contributed by atoms with E-state index in [0.29, 0.717) is 29.9 Å². The van der Waals surface area contributed by atoms with Crippen molar-refractivity contribution in [3.63, 3.8) is 0 Å². The number of methoxy groups -OCH3 is 1. The van der Waals surface area contributed by atoms with Crippen molar-refractivity contribution in [2.75, 3.05) is 13.7 Å². The molecular formula is C25H28FN3O3. The van der Waals surface area contributed by atoms with Gasteiger partial charge in [0.2, 0.25) is 0 Å².